The first kappa shape index (κ1) is 24.2. The Hall–Kier alpha value is -4.43. The van der Waals surface area contributed by atoms with Gasteiger partial charge in [0.2, 0.25) is 0 Å². The number of carbonyl (C=O) groups excluding carboxylic acids is 3. The highest BCUT2D eigenvalue weighted by atomic mass is 16.5. The van der Waals surface area contributed by atoms with Crippen LogP contribution in [0.3, 0.4) is 0 Å². The smallest absolute Gasteiger partial charge is 0.324 e. The van der Waals surface area contributed by atoms with Gasteiger partial charge in [-0.25, -0.2) is 10.3 Å². The topological polar surface area (TPSA) is 108 Å². The summed E-state index contributed by atoms with van der Waals surface area (Å²) in [5.41, 5.74) is 4.34. The molecule has 0 spiro atoms. The van der Waals surface area contributed by atoms with Crippen molar-refractivity contribution in [3.8, 4) is 5.75 Å². The van der Waals surface area contributed by atoms with Crippen LogP contribution in [0.4, 0.5) is 4.79 Å². The van der Waals surface area contributed by atoms with Gasteiger partial charge in [0.1, 0.15) is 5.75 Å². The summed E-state index contributed by atoms with van der Waals surface area (Å²) < 4.78 is 5.27. The third-order valence-corrected chi connectivity index (χ3v) is 4.94. The van der Waals surface area contributed by atoms with Crippen LogP contribution in [0.15, 0.2) is 84.9 Å². The average molecular weight is 460 g/mol. The lowest BCUT2D eigenvalue weighted by Gasteiger charge is -2.23. The van der Waals surface area contributed by atoms with Crippen molar-refractivity contribution in [1.29, 1.82) is 0 Å². The second-order valence-corrected chi connectivity index (χ2v) is 7.38. The van der Waals surface area contributed by atoms with E-state index < -0.39 is 17.8 Å². The molecule has 0 aliphatic carbocycles. The zero-order valence-corrected chi connectivity index (χ0v) is 18.6. The third kappa shape index (κ3) is 7.04. The molecule has 0 unspecified atom stereocenters. The molecule has 8 heteroatoms. The average Bonchev–Trinajstić information content (AvgIpc) is 2.88. The Morgan fingerprint density at radius 3 is 2.29 bits per heavy atom. The second kappa shape index (κ2) is 12.0. The number of urea groups is 1. The molecular weight excluding hydrogens is 434 g/mol. The Kier molecular flexibility index (Phi) is 8.54. The Labute approximate surface area is 197 Å². The van der Waals surface area contributed by atoms with Crippen LogP contribution >= 0.6 is 0 Å². The number of amides is 4. The fourth-order valence-electron chi connectivity index (χ4n) is 3.19. The van der Waals surface area contributed by atoms with Gasteiger partial charge in [-0.1, -0.05) is 54.6 Å². The first-order chi connectivity index (χ1) is 16.5. The van der Waals surface area contributed by atoms with Gasteiger partial charge in [-0.2, -0.15) is 0 Å². The van der Waals surface area contributed by atoms with Gasteiger partial charge in [0.25, 0.3) is 11.8 Å². The lowest BCUT2D eigenvalue weighted by atomic mass is 10.1. The Balaban J connectivity index is 1.78. The van der Waals surface area contributed by atoms with Crippen molar-refractivity contribution in [2.75, 3.05) is 7.11 Å². The summed E-state index contributed by atoms with van der Waals surface area (Å²) in [5.74, 6) is -0.446. The molecule has 3 N–H and O–H groups in total. The van der Waals surface area contributed by atoms with Crippen molar-refractivity contribution in [3.05, 3.63) is 107 Å². The van der Waals surface area contributed by atoms with Crippen molar-refractivity contribution in [1.82, 2.24) is 15.7 Å². The predicted molar refractivity (Wildman–Crippen MR) is 127 cm³/mol. The van der Waals surface area contributed by atoms with Crippen LogP contribution in [-0.2, 0) is 17.9 Å². The summed E-state index contributed by atoms with van der Waals surface area (Å²) in [6.07, 6.45) is 2.75. The van der Waals surface area contributed by atoms with E-state index in [4.69, 9.17) is 9.94 Å². The van der Waals surface area contributed by atoms with E-state index in [0.29, 0.717) is 11.3 Å². The number of carbonyl (C=O) groups is 3. The van der Waals surface area contributed by atoms with Gasteiger partial charge in [-0.3, -0.25) is 20.1 Å². The number of methoxy groups -OCH3 is 1. The summed E-state index contributed by atoms with van der Waals surface area (Å²) in [6, 6.07) is 22.6. The molecule has 0 saturated carbocycles. The lowest BCUT2D eigenvalue weighted by Crippen LogP contribution is -2.42. The van der Waals surface area contributed by atoms with Crippen LogP contribution in [-0.4, -0.2) is 35.1 Å². The van der Waals surface area contributed by atoms with Crippen LogP contribution < -0.4 is 15.5 Å². The number of rotatable bonds is 8. The molecule has 0 atom stereocenters. The minimum absolute atomic E-state index is 0.242. The first-order valence-corrected chi connectivity index (χ1v) is 10.5. The van der Waals surface area contributed by atoms with Crippen LogP contribution in [0.2, 0.25) is 0 Å². The van der Waals surface area contributed by atoms with E-state index in [9.17, 15) is 14.4 Å². The molecule has 3 aromatic carbocycles. The molecule has 0 saturated heterocycles. The monoisotopic (exact) mass is 459 g/mol. The predicted octanol–water partition coefficient (Wildman–Crippen LogP) is 3.77. The van der Waals surface area contributed by atoms with Gasteiger partial charge >= 0.3 is 6.03 Å². The third-order valence-electron chi connectivity index (χ3n) is 4.94. The molecule has 8 nitrogen and oxygen atoms in total. The SMILES string of the molecule is COc1cccc(CN(Cc2ccc(C=CC(=O)NO)cc2)C(=O)NC(=O)c2ccccc2)c1. The highest BCUT2D eigenvalue weighted by molar-refractivity contribution is 6.04. The number of benzene rings is 3. The second-order valence-electron chi connectivity index (χ2n) is 7.38. The molecule has 0 fully saturated rings. The molecule has 4 amide bonds. The fraction of sp³-hybridized carbons (Fsp3) is 0.115. The molecule has 0 aliphatic rings. The van der Waals surface area contributed by atoms with Crippen LogP contribution in [0.5, 0.6) is 5.75 Å². The van der Waals surface area contributed by atoms with Crippen molar-refractivity contribution in [3.63, 3.8) is 0 Å². The van der Waals surface area contributed by atoms with Gasteiger partial charge in [0, 0.05) is 24.7 Å². The summed E-state index contributed by atoms with van der Waals surface area (Å²) >= 11 is 0. The molecule has 0 radical (unpaired) electrons. The Bertz CT molecular complexity index is 1160. The Morgan fingerprint density at radius 1 is 0.912 bits per heavy atom. The minimum atomic E-state index is -0.631. The summed E-state index contributed by atoms with van der Waals surface area (Å²) in [7, 11) is 1.57. The summed E-state index contributed by atoms with van der Waals surface area (Å²) in [6.45, 7) is 0.496. The van der Waals surface area contributed by atoms with E-state index in [0.717, 1.165) is 16.7 Å². The number of ether oxygens (including phenoxy) is 1. The summed E-state index contributed by atoms with van der Waals surface area (Å²) in [4.78, 5) is 38.3. The zero-order chi connectivity index (χ0) is 24.3. The van der Waals surface area contributed by atoms with Gasteiger partial charge < -0.3 is 9.64 Å². The van der Waals surface area contributed by atoms with Crippen LogP contribution in [0.25, 0.3) is 6.08 Å². The van der Waals surface area contributed by atoms with E-state index in [-0.39, 0.29) is 13.1 Å². The molecule has 0 aromatic heterocycles. The lowest BCUT2D eigenvalue weighted by molar-refractivity contribution is -0.124. The maximum absolute atomic E-state index is 13.1. The van der Waals surface area contributed by atoms with E-state index >= 15 is 0 Å². The van der Waals surface area contributed by atoms with E-state index in [1.165, 1.54) is 16.5 Å². The Morgan fingerprint density at radius 2 is 1.62 bits per heavy atom. The molecule has 3 aromatic rings. The maximum Gasteiger partial charge on any atom is 0.324 e. The van der Waals surface area contributed by atoms with E-state index in [1.54, 1.807) is 55.7 Å². The number of hydrogen-bond acceptors (Lipinski definition) is 5. The molecule has 0 bridgehead atoms. The normalized spacial score (nSPS) is 10.5. The molecule has 174 valence electrons. The van der Waals surface area contributed by atoms with Crippen LogP contribution in [0, 0.1) is 0 Å². The van der Waals surface area contributed by atoms with Crippen molar-refractivity contribution >= 4 is 23.9 Å². The van der Waals surface area contributed by atoms with Crippen LogP contribution in [0.1, 0.15) is 27.0 Å². The fourth-order valence-corrected chi connectivity index (χ4v) is 3.19. The standard InChI is InChI=1S/C26H25N3O5/c1-34-23-9-5-6-21(16-23)18-29(26(32)27-25(31)22-7-3-2-4-8-22)17-20-12-10-19(11-13-20)14-15-24(30)28-33/h2-16,33H,17-18H2,1H3,(H,28,30)(H,27,31,32). The molecule has 34 heavy (non-hydrogen) atoms. The minimum Gasteiger partial charge on any atom is -0.497 e. The molecular formula is C26H25N3O5. The van der Waals surface area contributed by atoms with E-state index in [2.05, 4.69) is 5.32 Å². The number of nitrogens with one attached hydrogen (secondary N) is 2. The number of hydrogen-bond donors (Lipinski definition) is 3. The number of nitrogens with zero attached hydrogens (tertiary/aromatic N) is 1. The summed E-state index contributed by atoms with van der Waals surface area (Å²) in [5, 5.41) is 11.0. The number of hydroxylamine groups is 1. The van der Waals surface area contributed by atoms with Gasteiger partial charge in [-0.15, -0.1) is 0 Å². The molecule has 0 heterocycles. The largest absolute Gasteiger partial charge is 0.497 e. The highest BCUT2D eigenvalue weighted by Gasteiger charge is 2.18. The van der Waals surface area contributed by atoms with Gasteiger partial charge in [-0.05, 0) is 47.0 Å². The van der Waals surface area contributed by atoms with Crippen molar-refractivity contribution in [2.45, 2.75) is 13.1 Å². The quantitative estimate of drug-likeness (QED) is 0.270. The van der Waals surface area contributed by atoms with Gasteiger partial charge in [0.05, 0.1) is 7.11 Å². The first-order valence-electron chi connectivity index (χ1n) is 10.5. The highest BCUT2D eigenvalue weighted by Crippen LogP contribution is 2.17. The molecule has 0 aliphatic heterocycles. The van der Waals surface area contributed by atoms with Crippen molar-refractivity contribution < 1.29 is 24.3 Å². The van der Waals surface area contributed by atoms with E-state index in [1.807, 2.05) is 36.4 Å². The van der Waals surface area contributed by atoms with Crippen molar-refractivity contribution in [2.24, 2.45) is 0 Å². The maximum atomic E-state index is 13.1. The van der Waals surface area contributed by atoms with Gasteiger partial charge in [0.15, 0.2) is 0 Å². The number of imide groups is 1. The molecule has 3 rings (SSSR count). The zero-order valence-electron chi connectivity index (χ0n) is 18.6.